The zero-order valence-corrected chi connectivity index (χ0v) is 10.8. The van der Waals surface area contributed by atoms with Crippen LogP contribution in [0.25, 0.3) is 0 Å². The largest absolute Gasteiger partial charge is 0.452 e. The van der Waals surface area contributed by atoms with E-state index in [1.54, 1.807) is 18.2 Å². The highest BCUT2D eigenvalue weighted by Gasteiger charge is 2.16. The molecule has 0 saturated carbocycles. The van der Waals surface area contributed by atoms with Gasteiger partial charge in [-0.2, -0.15) is 0 Å². The molecule has 2 aromatic rings. The van der Waals surface area contributed by atoms with Crippen molar-refractivity contribution in [3.05, 3.63) is 56.9 Å². The lowest BCUT2D eigenvalue weighted by atomic mass is 10.1. The molecule has 1 aromatic heterocycles. The Bertz CT molecular complexity index is 540. The van der Waals surface area contributed by atoms with Crippen molar-refractivity contribution >= 4 is 40.6 Å². The van der Waals surface area contributed by atoms with E-state index in [2.05, 4.69) is 0 Å². The lowest BCUT2D eigenvalue weighted by Gasteiger charge is -2.05. The monoisotopic (exact) mass is 288 g/mol. The Morgan fingerprint density at radius 1 is 1.12 bits per heavy atom. The SMILES string of the molecule is O=C(Cc1c(Cl)cccc1Cl)c1ccoc1Cl. The second kappa shape index (κ2) is 5.13. The van der Waals surface area contributed by atoms with Crippen LogP contribution < -0.4 is 0 Å². The van der Waals surface area contributed by atoms with Crippen LogP contribution in [0.15, 0.2) is 34.9 Å². The number of ketones is 1. The predicted octanol–water partition coefficient (Wildman–Crippen LogP) is 4.67. The van der Waals surface area contributed by atoms with Crippen molar-refractivity contribution in [2.24, 2.45) is 0 Å². The summed E-state index contributed by atoms with van der Waals surface area (Å²) in [5, 5.41) is 1.01. The fourth-order valence-corrected chi connectivity index (χ4v) is 2.20. The maximum atomic E-state index is 11.9. The van der Waals surface area contributed by atoms with Crippen molar-refractivity contribution in [3.63, 3.8) is 0 Å². The van der Waals surface area contributed by atoms with Gasteiger partial charge in [0.25, 0.3) is 0 Å². The highest BCUT2D eigenvalue weighted by atomic mass is 35.5. The molecule has 2 nitrogen and oxygen atoms in total. The van der Waals surface area contributed by atoms with Crippen molar-refractivity contribution in [1.82, 2.24) is 0 Å². The molecule has 2 rings (SSSR count). The smallest absolute Gasteiger partial charge is 0.203 e. The third kappa shape index (κ3) is 2.65. The van der Waals surface area contributed by atoms with Crippen molar-refractivity contribution in [1.29, 1.82) is 0 Å². The second-order valence-corrected chi connectivity index (χ2v) is 4.57. The van der Waals surface area contributed by atoms with Crippen molar-refractivity contribution < 1.29 is 9.21 Å². The zero-order valence-electron chi connectivity index (χ0n) is 8.54. The molecule has 0 spiro atoms. The van der Waals surface area contributed by atoms with Crippen LogP contribution >= 0.6 is 34.8 Å². The van der Waals surface area contributed by atoms with Crippen LogP contribution in [0.3, 0.4) is 0 Å². The number of Topliss-reactive ketones (excluding diaryl/α,β-unsaturated/α-hetero) is 1. The predicted molar refractivity (Wildman–Crippen MR) is 68.2 cm³/mol. The third-order valence-corrected chi connectivity index (χ3v) is 3.32. The molecule has 1 heterocycles. The Morgan fingerprint density at radius 2 is 1.76 bits per heavy atom. The number of hydrogen-bond donors (Lipinski definition) is 0. The van der Waals surface area contributed by atoms with Crippen LogP contribution in [0.2, 0.25) is 15.3 Å². The third-order valence-electron chi connectivity index (χ3n) is 2.32. The molecule has 0 aliphatic carbocycles. The Balaban J connectivity index is 2.28. The minimum Gasteiger partial charge on any atom is -0.452 e. The van der Waals surface area contributed by atoms with Gasteiger partial charge in [0, 0.05) is 16.5 Å². The maximum Gasteiger partial charge on any atom is 0.203 e. The summed E-state index contributed by atoms with van der Waals surface area (Å²) in [6, 6.07) is 6.62. The van der Waals surface area contributed by atoms with E-state index in [0.29, 0.717) is 21.2 Å². The molecule has 0 aliphatic heterocycles. The molecule has 0 unspecified atom stereocenters. The van der Waals surface area contributed by atoms with Crippen LogP contribution in [-0.4, -0.2) is 5.78 Å². The van der Waals surface area contributed by atoms with Gasteiger partial charge in [0.1, 0.15) is 0 Å². The second-order valence-electron chi connectivity index (χ2n) is 3.41. The van der Waals surface area contributed by atoms with Crippen LogP contribution in [0, 0.1) is 0 Å². The first-order valence-corrected chi connectivity index (χ1v) is 5.92. The van der Waals surface area contributed by atoms with E-state index in [9.17, 15) is 4.79 Å². The summed E-state index contributed by atoms with van der Waals surface area (Å²) in [5.41, 5.74) is 0.931. The van der Waals surface area contributed by atoms with Gasteiger partial charge in [-0.1, -0.05) is 29.3 Å². The normalized spacial score (nSPS) is 10.5. The molecule has 0 bridgehead atoms. The molecule has 0 atom stereocenters. The van der Waals surface area contributed by atoms with E-state index >= 15 is 0 Å². The van der Waals surface area contributed by atoms with Gasteiger partial charge in [0.15, 0.2) is 5.78 Å². The zero-order chi connectivity index (χ0) is 12.4. The molecule has 0 N–H and O–H groups in total. The highest BCUT2D eigenvalue weighted by Crippen LogP contribution is 2.27. The van der Waals surface area contributed by atoms with Gasteiger partial charge < -0.3 is 4.42 Å². The first-order valence-electron chi connectivity index (χ1n) is 4.78. The topological polar surface area (TPSA) is 30.2 Å². The van der Waals surface area contributed by atoms with Crippen LogP contribution in [0.4, 0.5) is 0 Å². The van der Waals surface area contributed by atoms with Crippen LogP contribution in [0.1, 0.15) is 15.9 Å². The summed E-state index contributed by atoms with van der Waals surface area (Å²) in [4.78, 5) is 11.9. The summed E-state index contributed by atoms with van der Waals surface area (Å²) < 4.78 is 4.86. The summed E-state index contributed by atoms with van der Waals surface area (Å²) in [6.45, 7) is 0. The minimum absolute atomic E-state index is 0.0816. The molecule has 5 heteroatoms. The lowest BCUT2D eigenvalue weighted by molar-refractivity contribution is 0.0992. The van der Waals surface area contributed by atoms with Gasteiger partial charge in [0.05, 0.1) is 11.8 Å². The number of carbonyl (C=O) groups excluding carboxylic acids is 1. The minimum atomic E-state index is -0.182. The quantitative estimate of drug-likeness (QED) is 0.769. The molecular formula is C12H7Cl3O2. The van der Waals surface area contributed by atoms with Crippen LogP contribution in [-0.2, 0) is 6.42 Å². The van der Waals surface area contributed by atoms with Crippen molar-refractivity contribution in [3.8, 4) is 0 Å². The highest BCUT2D eigenvalue weighted by molar-refractivity contribution is 6.36. The number of hydrogen-bond acceptors (Lipinski definition) is 2. The molecule has 17 heavy (non-hydrogen) atoms. The molecule has 0 radical (unpaired) electrons. The van der Waals surface area contributed by atoms with E-state index in [1.165, 1.54) is 12.3 Å². The summed E-state index contributed by atoms with van der Waals surface area (Å²) >= 11 is 17.7. The summed E-state index contributed by atoms with van der Waals surface area (Å²) in [6.07, 6.45) is 1.46. The first kappa shape index (κ1) is 12.5. The number of furan rings is 1. The number of halogens is 3. The molecular weight excluding hydrogens is 282 g/mol. The lowest BCUT2D eigenvalue weighted by Crippen LogP contribution is -2.04. The van der Waals surface area contributed by atoms with E-state index in [4.69, 9.17) is 39.2 Å². The standard InChI is InChI=1S/C12H7Cl3O2/c13-9-2-1-3-10(14)8(9)6-11(16)7-4-5-17-12(7)15/h1-5H,6H2. The molecule has 1 aromatic carbocycles. The fourth-order valence-electron chi connectivity index (χ4n) is 1.45. The van der Waals surface area contributed by atoms with Gasteiger partial charge in [-0.25, -0.2) is 0 Å². The van der Waals surface area contributed by atoms with Crippen LogP contribution in [0.5, 0.6) is 0 Å². The van der Waals surface area contributed by atoms with E-state index in [-0.39, 0.29) is 17.4 Å². The first-order chi connectivity index (χ1) is 8.09. The number of benzene rings is 1. The fraction of sp³-hybridized carbons (Fsp3) is 0.0833. The number of carbonyl (C=O) groups is 1. The molecule has 88 valence electrons. The van der Waals surface area contributed by atoms with E-state index < -0.39 is 0 Å². The average Bonchev–Trinajstić information content (AvgIpc) is 2.70. The Morgan fingerprint density at radius 3 is 2.29 bits per heavy atom. The van der Waals surface area contributed by atoms with Gasteiger partial charge in [-0.15, -0.1) is 0 Å². The average molecular weight is 290 g/mol. The van der Waals surface area contributed by atoms with E-state index in [1.807, 2.05) is 0 Å². The van der Waals surface area contributed by atoms with Gasteiger partial charge >= 0.3 is 0 Å². The Kier molecular flexibility index (Phi) is 3.77. The van der Waals surface area contributed by atoms with Gasteiger partial charge in [0.2, 0.25) is 5.22 Å². The maximum absolute atomic E-state index is 11.9. The molecule has 0 amide bonds. The summed E-state index contributed by atoms with van der Waals surface area (Å²) in [5.74, 6) is -0.182. The van der Waals surface area contributed by atoms with Gasteiger partial charge in [-0.05, 0) is 35.4 Å². The molecule has 0 aliphatic rings. The number of rotatable bonds is 3. The Labute approximate surface area is 113 Å². The molecule has 0 fully saturated rings. The molecule has 0 saturated heterocycles. The van der Waals surface area contributed by atoms with Crippen molar-refractivity contribution in [2.45, 2.75) is 6.42 Å². The van der Waals surface area contributed by atoms with Crippen molar-refractivity contribution in [2.75, 3.05) is 0 Å². The van der Waals surface area contributed by atoms with E-state index in [0.717, 1.165) is 0 Å². The Hall–Kier alpha value is -0.960. The van der Waals surface area contributed by atoms with Gasteiger partial charge in [-0.3, -0.25) is 4.79 Å². The summed E-state index contributed by atoms with van der Waals surface area (Å²) in [7, 11) is 0.